The Morgan fingerprint density at radius 2 is 2.12 bits per heavy atom. The minimum atomic E-state index is -3.29. The van der Waals surface area contributed by atoms with E-state index in [9.17, 15) is 28.1 Å². The monoisotopic (exact) mass is 235 g/mol. The van der Waals surface area contributed by atoms with Crippen LogP contribution in [0.4, 0.5) is 18.9 Å². The van der Waals surface area contributed by atoms with E-state index in [0.717, 1.165) is 0 Å². The van der Waals surface area contributed by atoms with Gasteiger partial charge in [-0.15, -0.1) is 0 Å². The normalized spacial score (nSPS) is 10.5. The lowest BCUT2D eigenvalue weighted by atomic mass is 10.2. The summed E-state index contributed by atoms with van der Waals surface area (Å²) in [5, 5.41) is 10.4. The van der Waals surface area contributed by atoms with E-state index in [1.165, 1.54) is 0 Å². The van der Waals surface area contributed by atoms with Gasteiger partial charge >= 0.3 is 5.69 Å². The third-order valence-electron chi connectivity index (χ3n) is 1.62. The largest absolute Gasteiger partial charge is 0.364 e. The number of aromatic nitrogens is 1. The van der Waals surface area contributed by atoms with E-state index in [4.69, 9.17) is 5.73 Å². The van der Waals surface area contributed by atoms with E-state index in [1.807, 2.05) is 0 Å². The molecule has 0 aromatic carbocycles. The number of nitrogens with two attached hydrogens (primary N) is 1. The van der Waals surface area contributed by atoms with Gasteiger partial charge in [-0.3, -0.25) is 14.9 Å². The summed E-state index contributed by atoms with van der Waals surface area (Å²) in [6.45, 7) is 0. The quantitative estimate of drug-likeness (QED) is 0.627. The summed E-state index contributed by atoms with van der Waals surface area (Å²) in [7, 11) is 0. The number of alkyl halides is 2. The van der Waals surface area contributed by atoms with Gasteiger partial charge in [0.05, 0.1) is 11.0 Å². The van der Waals surface area contributed by atoms with Crippen molar-refractivity contribution in [3.05, 3.63) is 33.4 Å². The van der Waals surface area contributed by atoms with E-state index in [0.29, 0.717) is 0 Å². The van der Waals surface area contributed by atoms with Crippen LogP contribution in [0.1, 0.15) is 22.6 Å². The lowest BCUT2D eigenvalue weighted by Crippen LogP contribution is -2.17. The van der Waals surface area contributed by atoms with Gasteiger partial charge in [-0.2, -0.15) is 0 Å². The maximum absolute atomic E-state index is 12.9. The van der Waals surface area contributed by atoms with E-state index >= 15 is 0 Å². The number of pyridine rings is 1. The molecule has 0 aliphatic carbocycles. The van der Waals surface area contributed by atoms with E-state index in [1.54, 1.807) is 0 Å². The number of hydrogen-bond acceptors (Lipinski definition) is 4. The first kappa shape index (κ1) is 11.9. The number of nitrogens with zero attached hydrogens (tertiary/aromatic N) is 2. The zero-order valence-corrected chi connectivity index (χ0v) is 7.49. The molecule has 9 heteroatoms. The van der Waals surface area contributed by atoms with Crippen molar-refractivity contribution in [3.8, 4) is 0 Å². The zero-order valence-electron chi connectivity index (χ0n) is 7.49. The molecule has 1 amide bonds. The lowest BCUT2D eigenvalue weighted by Gasteiger charge is -2.03. The average molecular weight is 235 g/mol. The van der Waals surface area contributed by atoms with Crippen LogP contribution in [0.15, 0.2) is 6.07 Å². The third kappa shape index (κ3) is 2.07. The molecule has 6 nitrogen and oxygen atoms in total. The van der Waals surface area contributed by atoms with Gasteiger partial charge in [0.2, 0.25) is 5.69 Å². The van der Waals surface area contributed by atoms with Crippen LogP contribution >= 0.6 is 0 Å². The molecule has 0 spiro atoms. The minimum Gasteiger partial charge on any atom is -0.364 e. The summed E-state index contributed by atoms with van der Waals surface area (Å²) in [5.41, 5.74) is 1.31. The predicted octanol–water partition coefficient (Wildman–Crippen LogP) is 1.17. The summed E-state index contributed by atoms with van der Waals surface area (Å²) in [4.78, 5) is 22.8. The van der Waals surface area contributed by atoms with Crippen molar-refractivity contribution < 1.29 is 22.9 Å². The molecule has 0 fully saturated rings. The van der Waals surface area contributed by atoms with Gasteiger partial charge in [-0.25, -0.2) is 18.2 Å². The minimum absolute atomic E-state index is 0.189. The number of nitro groups is 1. The molecule has 0 atom stereocenters. The first-order valence-corrected chi connectivity index (χ1v) is 3.77. The van der Waals surface area contributed by atoms with Crippen molar-refractivity contribution in [1.29, 1.82) is 0 Å². The Balaban J connectivity index is 3.49. The molecule has 1 heterocycles. The van der Waals surface area contributed by atoms with Crippen LogP contribution in [0, 0.1) is 15.9 Å². The van der Waals surface area contributed by atoms with E-state index < -0.39 is 40.1 Å². The molecule has 1 rings (SSSR count). The number of halogens is 3. The second-order valence-corrected chi connectivity index (χ2v) is 2.65. The molecule has 0 aliphatic heterocycles. The second kappa shape index (κ2) is 4.13. The summed E-state index contributed by atoms with van der Waals surface area (Å²) in [6.07, 6.45) is -3.29. The molecule has 1 aromatic rings. The van der Waals surface area contributed by atoms with Gasteiger partial charge < -0.3 is 5.73 Å². The summed E-state index contributed by atoms with van der Waals surface area (Å²) < 4.78 is 37.3. The highest BCUT2D eigenvalue weighted by Gasteiger charge is 2.27. The van der Waals surface area contributed by atoms with Crippen LogP contribution in [0.2, 0.25) is 0 Å². The first-order chi connectivity index (χ1) is 7.34. The Hall–Kier alpha value is -2.19. The first-order valence-electron chi connectivity index (χ1n) is 3.77. The van der Waals surface area contributed by atoms with Crippen molar-refractivity contribution in [2.75, 3.05) is 0 Å². The van der Waals surface area contributed by atoms with Crippen molar-refractivity contribution in [2.24, 2.45) is 5.73 Å². The Labute approximate surface area is 86.0 Å². The SMILES string of the molecule is NC(=O)c1nc(C(F)F)c(F)cc1[N+](=O)[O-]. The van der Waals surface area contributed by atoms with Gasteiger partial charge in [0.1, 0.15) is 5.69 Å². The van der Waals surface area contributed by atoms with Crippen LogP contribution in [0.5, 0.6) is 0 Å². The summed E-state index contributed by atoms with van der Waals surface area (Å²) in [6, 6.07) is 0.189. The molecule has 1 aromatic heterocycles. The maximum Gasteiger partial charge on any atom is 0.303 e. The number of hydrogen-bond donors (Lipinski definition) is 1. The molecule has 0 aliphatic rings. The summed E-state index contributed by atoms with van der Waals surface area (Å²) >= 11 is 0. The highest BCUT2D eigenvalue weighted by Crippen LogP contribution is 2.25. The third-order valence-corrected chi connectivity index (χ3v) is 1.62. The summed E-state index contributed by atoms with van der Waals surface area (Å²) in [5.74, 6) is -2.94. The molecule has 2 N–H and O–H groups in total. The molecule has 16 heavy (non-hydrogen) atoms. The lowest BCUT2D eigenvalue weighted by molar-refractivity contribution is -0.385. The maximum atomic E-state index is 12.9. The van der Waals surface area contributed by atoms with Crippen molar-refractivity contribution in [1.82, 2.24) is 4.98 Å². The predicted molar refractivity (Wildman–Crippen MR) is 44.3 cm³/mol. The Morgan fingerprint density at radius 3 is 2.50 bits per heavy atom. The molecule has 0 radical (unpaired) electrons. The molecular weight excluding hydrogens is 231 g/mol. The molecule has 0 unspecified atom stereocenters. The standard InChI is InChI=1S/C7H4F3N3O3/c8-2-1-3(13(15)16)5(7(11)14)12-4(2)6(9)10/h1,6H,(H2,11,14). The van der Waals surface area contributed by atoms with Gasteiger partial charge in [-0.05, 0) is 0 Å². The highest BCUT2D eigenvalue weighted by atomic mass is 19.3. The van der Waals surface area contributed by atoms with E-state index in [2.05, 4.69) is 4.98 Å². The van der Waals surface area contributed by atoms with Crippen LogP contribution in [-0.2, 0) is 0 Å². The smallest absolute Gasteiger partial charge is 0.303 e. The van der Waals surface area contributed by atoms with E-state index in [-0.39, 0.29) is 6.07 Å². The molecule has 0 saturated carbocycles. The number of carbonyl (C=O) groups excluding carboxylic acids is 1. The fraction of sp³-hybridized carbons (Fsp3) is 0.143. The molecule has 0 bridgehead atoms. The molecular formula is C7H4F3N3O3. The van der Waals surface area contributed by atoms with Gasteiger partial charge in [-0.1, -0.05) is 0 Å². The molecule has 0 saturated heterocycles. The fourth-order valence-electron chi connectivity index (χ4n) is 0.967. The number of primary amides is 1. The van der Waals surface area contributed by atoms with Crippen LogP contribution in [-0.4, -0.2) is 15.8 Å². The van der Waals surface area contributed by atoms with Crippen molar-refractivity contribution in [3.63, 3.8) is 0 Å². The van der Waals surface area contributed by atoms with Crippen LogP contribution in [0.3, 0.4) is 0 Å². The number of amides is 1. The zero-order chi connectivity index (χ0) is 12.5. The number of carbonyl (C=O) groups is 1. The van der Waals surface area contributed by atoms with Gasteiger partial charge in [0, 0.05) is 0 Å². The van der Waals surface area contributed by atoms with Crippen LogP contribution < -0.4 is 5.73 Å². The topological polar surface area (TPSA) is 99.1 Å². The van der Waals surface area contributed by atoms with Gasteiger partial charge in [0.25, 0.3) is 12.3 Å². The second-order valence-electron chi connectivity index (χ2n) is 2.65. The Morgan fingerprint density at radius 1 is 1.56 bits per heavy atom. The van der Waals surface area contributed by atoms with Crippen molar-refractivity contribution in [2.45, 2.75) is 6.43 Å². The van der Waals surface area contributed by atoms with Crippen LogP contribution in [0.25, 0.3) is 0 Å². The van der Waals surface area contributed by atoms with Crippen molar-refractivity contribution >= 4 is 11.6 Å². The number of rotatable bonds is 3. The highest BCUT2D eigenvalue weighted by molar-refractivity contribution is 5.94. The molecule has 86 valence electrons. The Bertz CT molecular complexity index is 464. The fourth-order valence-corrected chi connectivity index (χ4v) is 0.967. The Kier molecular flexibility index (Phi) is 3.06. The average Bonchev–Trinajstić information content (AvgIpc) is 2.15. The van der Waals surface area contributed by atoms with Gasteiger partial charge in [0.15, 0.2) is 5.82 Å².